The molecule has 208 valence electrons. The molecule has 0 heterocycles. The number of unbranched alkanes of at least 4 members (excludes halogenated alkanes) is 1. The molecule has 0 spiro atoms. The monoisotopic (exact) mass is 514 g/mol. The van der Waals surface area contributed by atoms with Gasteiger partial charge in [-0.1, -0.05) is 50.1 Å². The van der Waals surface area contributed by atoms with Gasteiger partial charge in [0.15, 0.2) is 6.10 Å². The van der Waals surface area contributed by atoms with Crippen LogP contribution in [-0.4, -0.2) is 98.0 Å². The van der Waals surface area contributed by atoms with Crippen LogP contribution >= 0.6 is 0 Å². The topological polar surface area (TPSA) is 90.9 Å². The van der Waals surface area contributed by atoms with E-state index in [4.69, 9.17) is 37.9 Å². The number of benzene rings is 1. The molecular formula is C27H46O9. The highest BCUT2D eigenvalue weighted by Crippen LogP contribution is 2.07. The van der Waals surface area contributed by atoms with Crippen molar-refractivity contribution >= 4 is 5.97 Å². The molecule has 9 nitrogen and oxygen atoms in total. The Bertz CT molecular complexity index is 600. The average molecular weight is 515 g/mol. The Morgan fingerprint density at radius 3 is 1.61 bits per heavy atom. The quantitative estimate of drug-likeness (QED) is 0.136. The van der Waals surface area contributed by atoms with Gasteiger partial charge in [-0.15, -0.1) is 0 Å². The normalized spacial score (nSPS) is 12.1. The number of hydrogen-bond acceptors (Lipinski definition) is 9. The summed E-state index contributed by atoms with van der Waals surface area (Å²) < 4.78 is 43.6. The maximum Gasteiger partial charge on any atom is 0.335 e. The van der Waals surface area contributed by atoms with Crippen LogP contribution in [0.4, 0.5) is 0 Å². The average Bonchev–Trinajstić information content (AvgIpc) is 2.90. The summed E-state index contributed by atoms with van der Waals surface area (Å²) in [4.78, 5) is 11.9. The first-order chi connectivity index (χ1) is 17.8. The van der Waals surface area contributed by atoms with Gasteiger partial charge in [0.05, 0.1) is 92.5 Å². The lowest BCUT2D eigenvalue weighted by molar-refractivity contribution is -0.158. The summed E-state index contributed by atoms with van der Waals surface area (Å²) in [5.41, 5.74) is 1.16. The predicted molar refractivity (Wildman–Crippen MR) is 136 cm³/mol. The second-order valence-corrected chi connectivity index (χ2v) is 7.85. The van der Waals surface area contributed by atoms with Crippen molar-refractivity contribution in [3.8, 4) is 0 Å². The van der Waals surface area contributed by atoms with Crippen molar-refractivity contribution in [3.05, 3.63) is 35.9 Å². The molecular weight excluding hydrogens is 468 g/mol. The number of carbonyl (C=O) groups is 1. The van der Waals surface area contributed by atoms with Gasteiger partial charge in [-0.3, -0.25) is 0 Å². The third kappa shape index (κ3) is 19.6. The number of hydrogen-bond donors (Lipinski definition) is 0. The fraction of sp³-hybridized carbons (Fsp3) is 0.741. The molecule has 0 aliphatic rings. The van der Waals surface area contributed by atoms with Gasteiger partial charge in [0.1, 0.15) is 0 Å². The van der Waals surface area contributed by atoms with Crippen LogP contribution in [0.15, 0.2) is 30.3 Å². The maximum atomic E-state index is 11.9. The van der Waals surface area contributed by atoms with E-state index in [9.17, 15) is 4.79 Å². The molecule has 9 heteroatoms. The first-order valence-electron chi connectivity index (χ1n) is 13.1. The highest BCUT2D eigenvalue weighted by molar-refractivity contribution is 5.74. The molecule has 1 aromatic carbocycles. The molecule has 1 atom stereocenters. The molecule has 0 saturated heterocycles. The molecule has 0 aliphatic heterocycles. The van der Waals surface area contributed by atoms with E-state index in [0.717, 1.165) is 18.4 Å². The van der Waals surface area contributed by atoms with Gasteiger partial charge in [-0.05, 0) is 18.9 Å². The van der Waals surface area contributed by atoms with Crippen LogP contribution in [0, 0.1) is 0 Å². The minimum atomic E-state index is -0.511. The van der Waals surface area contributed by atoms with E-state index in [0.29, 0.717) is 98.9 Å². The summed E-state index contributed by atoms with van der Waals surface area (Å²) in [5, 5.41) is 0. The van der Waals surface area contributed by atoms with Crippen LogP contribution in [0.25, 0.3) is 0 Å². The summed E-state index contributed by atoms with van der Waals surface area (Å²) >= 11 is 0. The van der Waals surface area contributed by atoms with Crippen molar-refractivity contribution in [2.45, 2.75) is 45.8 Å². The molecule has 1 aromatic rings. The number of rotatable bonds is 26. The highest BCUT2D eigenvalue weighted by atomic mass is 16.6. The number of carbonyl (C=O) groups excluding carboxylic acids is 1. The minimum Gasteiger partial charge on any atom is -0.464 e. The van der Waals surface area contributed by atoms with Gasteiger partial charge in [0.2, 0.25) is 0 Å². The molecule has 1 rings (SSSR count). The molecule has 0 aromatic heterocycles. The van der Waals surface area contributed by atoms with E-state index < -0.39 is 6.10 Å². The maximum absolute atomic E-state index is 11.9. The van der Waals surface area contributed by atoms with Crippen molar-refractivity contribution in [1.29, 1.82) is 0 Å². The summed E-state index contributed by atoms with van der Waals surface area (Å²) in [6, 6.07) is 10.1. The zero-order valence-electron chi connectivity index (χ0n) is 22.2. The van der Waals surface area contributed by atoms with E-state index >= 15 is 0 Å². The summed E-state index contributed by atoms with van der Waals surface area (Å²) in [6.07, 6.45) is 2.09. The molecule has 0 N–H and O–H groups in total. The van der Waals surface area contributed by atoms with E-state index in [1.807, 2.05) is 30.3 Å². The Kier molecular flexibility index (Phi) is 22.6. The smallest absolute Gasteiger partial charge is 0.335 e. The molecule has 0 fully saturated rings. The van der Waals surface area contributed by atoms with Crippen molar-refractivity contribution in [2.75, 3.05) is 85.9 Å². The summed E-state index contributed by atoms with van der Waals surface area (Å²) in [7, 11) is 0. The Hall–Kier alpha value is -1.59. The van der Waals surface area contributed by atoms with E-state index in [1.54, 1.807) is 6.92 Å². The molecule has 0 bridgehead atoms. The van der Waals surface area contributed by atoms with E-state index in [2.05, 4.69) is 6.92 Å². The third-order valence-electron chi connectivity index (χ3n) is 4.89. The lowest BCUT2D eigenvalue weighted by atomic mass is 10.1. The fourth-order valence-corrected chi connectivity index (χ4v) is 3.01. The van der Waals surface area contributed by atoms with E-state index in [1.165, 1.54) is 0 Å². The first kappa shape index (κ1) is 32.4. The van der Waals surface area contributed by atoms with Gasteiger partial charge in [0, 0.05) is 0 Å². The predicted octanol–water partition coefficient (Wildman–Crippen LogP) is 3.42. The van der Waals surface area contributed by atoms with Crippen molar-refractivity contribution < 1.29 is 42.7 Å². The number of esters is 1. The van der Waals surface area contributed by atoms with Crippen molar-refractivity contribution in [3.63, 3.8) is 0 Å². The standard InChI is InChI=1S/C27H46O9/c1-3-5-11-26(27(28)35-4-2)36-23-22-33-19-18-31-15-14-29-12-13-30-16-17-32-20-21-34-24-25-9-7-6-8-10-25/h6-10,26H,3-5,11-24H2,1-2H3. The summed E-state index contributed by atoms with van der Waals surface area (Å²) in [6.45, 7) is 10.7. The number of ether oxygens (including phenoxy) is 8. The lowest BCUT2D eigenvalue weighted by Crippen LogP contribution is -2.28. The first-order valence-corrected chi connectivity index (χ1v) is 13.1. The van der Waals surface area contributed by atoms with Crippen LogP contribution in [0.5, 0.6) is 0 Å². The van der Waals surface area contributed by atoms with Crippen LogP contribution in [0.3, 0.4) is 0 Å². The van der Waals surface area contributed by atoms with Crippen molar-refractivity contribution in [2.24, 2.45) is 0 Å². The molecule has 1 unspecified atom stereocenters. The minimum absolute atomic E-state index is 0.298. The van der Waals surface area contributed by atoms with Crippen LogP contribution in [-0.2, 0) is 49.3 Å². The molecule has 0 saturated carbocycles. The van der Waals surface area contributed by atoms with Crippen molar-refractivity contribution in [1.82, 2.24) is 0 Å². The molecule has 0 aliphatic carbocycles. The van der Waals surface area contributed by atoms with Crippen LogP contribution in [0.1, 0.15) is 38.7 Å². The zero-order chi connectivity index (χ0) is 25.9. The van der Waals surface area contributed by atoms with Gasteiger partial charge < -0.3 is 37.9 Å². The molecule has 0 amide bonds. The van der Waals surface area contributed by atoms with Gasteiger partial charge in [-0.25, -0.2) is 4.79 Å². The SMILES string of the molecule is CCCCC(OCCOCCOCCOCCOCCOCCOCc1ccccc1)C(=O)OCC. The highest BCUT2D eigenvalue weighted by Gasteiger charge is 2.19. The van der Waals surface area contributed by atoms with E-state index in [-0.39, 0.29) is 5.97 Å². The molecule has 36 heavy (non-hydrogen) atoms. The Morgan fingerprint density at radius 1 is 0.667 bits per heavy atom. The third-order valence-corrected chi connectivity index (χ3v) is 4.89. The Balaban J connectivity index is 1.77. The second-order valence-electron chi connectivity index (χ2n) is 7.85. The fourth-order valence-electron chi connectivity index (χ4n) is 3.01. The summed E-state index contributed by atoms with van der Waals surface area (Å²) in [5.74, 6) is -0.298. The Morgan fingerprint density at radius 2 is 1.14 bits per heavy atom. The molecule has 0 radical (unpaired) electrons. The van der Waals surface area contributed by atoms with Gasteiger partial charge in [-0.2, -0.15) is 0 Å². The lowest BCUT2D eigenvalue weighted by Gasteiger charge is -2.16. The second kappa shape index (κ2) is 25.1. The van der Waals surface area contributed by atoms with Crippen LogP contribution < -0.4 is 0 Å². The van der Waals surface area contributed by atoms with Crippen LogP contribution in [0.2, 0.25) is 0 Å². The zero-order valence-corrected chi connectivity index (χ0v) is 22.2. The Labute approximate surface area is 216 Å². The van der Waals surface area contributed by atoms with Gasteiger partial charge >= 0.3 is 5.97 Å². The largest absolute Gasteiger partial charge is 0.464 e. The van der Waals surface area contributed by atoms with Gasteiger partial charge in [0.25, 0.3) is 0 Å².